The summed E-state index contributed by atoms with van der Waals surface area (Å²) in [6, 6.07) is 0. The quantitative estimate of drug-likeness (QED) is 0.632. The van der Waals surface area contributed by atoms with Crippen molar-refractivity contribution in [2.24, 2.45) is 5.92 Å². The summed E-state index contributed by atoms with van der Waals surface area (Å²) in [6.07, 6.45) is 2.13. The number of allylic oxidation sites excluding steroid dienone is 1. The maximum Gasteiger partial charge on any atom is 0.125 e. The van der Waals surface area contributed by atoms with Gasteiger partial charge in [-0.25, -0.2) is 9.97 Å². The standard InChI is InChI=1S/C12H16N2/c1-7(2)10-5-11-8(3)13-9(4)14-12(11)6-10/h10H,1,5-6H2,2-4H3/t10-/m1/s1. The van der Waals surface area contributed by atoms with Crippen LogP contribution < -0.4 is 0 Å². The largest absolute Gasteiger partial charge is 0.238 e. The van der Waals surface area contributed by atoms with Crippen molar-refractivity contribution in [3.8, 4) is 0 Å². The summed E-state index contributed by atoms with van der Waals surface area (Å²) in [6.45, 7) is 10.2. The number of hydrogen-bond acceptors (Lipinski definition) is 2. The average molecular weight is 188 g/mol. The van der Waals surface area contributed by atoms with Crippen molar-refractivity contribution in [2.45, 2.75) is 33.6 Å². The first-order valence-electron chi connectivity index (χ1n) is 5.06. The molecule has 1 aliphatic rings. The minimum absolute atomic E-state index is 0.583. The van der Waals surface area contributed by atoms with E-state index in [9.17, 15) is 0 Å². The van der Waals surface area contributed by atoms with Crippen LogP contribution in [0.5, 0.6) is 0 Å². The second-order valence-electron chi connectivity index (χ2n) is 4.23. The van der Waals surface area contributed by atoms with E-state index in [-0.39, 0.29) is 0 Å². The SMILES string of the molecule is C=C(C)[C@H]1Cc2nc(C)nc(C)c2C1. The predicted octanol–water partition coefficient (Wildman–Crippen LogP) is 2.38. The summed E-state index contributed by atoms with van der Waals surface area (Å²) in [5.74, 6) is 1.48. The van der Waals surface area contributed by atoms with Crippen LogP contribution in [0.4, 0.5) is 0 Å². The monoisotopic (exact) mass is 188 g/mol. The molecule has 0 radical (unpaired) electrons. The van der Waals surface area contributed by atoms with Gasteiger partial charge in [0, 0.05) is 11.4 Å². The fraction of sp³-hybridized carbons (Fsp3) is 0.500. The van der Waals surface area contributed by atoms with Crippen LogP contribution in [-0.2, 0) is 12.8 Å². The van der Waals surface area contributed by atoms with Crippen molar-refractivity contribution in [1.29, 1.82) is 0 Å². The van der Waals surface area contributed by atoms with E-state index in [1.54, 1.807) is 0 Å². The molecule has 1 aliphatic carbocycles. The number of nitrogens with zero attached hydrogens (tertiary/aromatic N) is 2. The smallest absolute Gasteiger partial charge is 0.125 e. The Morgan fingerprint density at radius 1 is 1.29 bits per heavy atom. The Labute approximate surface area is 85.1 Å². The molecule has 0 unspecified atom stereocenters. The van der Waals surface area contributed by atoms with Gasteiger partial charge in [-0.05, 0) is 45.1 Å². The Kier molecular flexibility index (Phi) is 2.14. The first kappa shape index (κ1) is 9.38. The Bertz CT molecular complexity index is 394. The number of rotatable bonds is 1. The zero-order chi connectivity index (χ0) is 10.3. The normalized spacial score (nSPS) is 19.5. The van der Waals surface area contributed by atoms with Crippen molar-refractivity contribution in [3.05, 3.63) is 34.9 Å². The van der Waals surface area contributed by atoms with Gasteiger partial charge >= 0.3 is 0 Å². The zero-order valence-corrected chi connectivity index (χ0v) is 9.09. The fourth-order valence-electron chi connectivity index (χ4n) is 2.14. The minimum Gasteiger partial charge on any atom is -0.238 e. The molecule has 0 aliphatic heterocycles. The van der Waals surface area contributed by atoms with E-state index in [2.05, 4.69) is 30.4 Å². The number of aryl methyl sites for hydroxylation is 2. The van der Waals surface area contributed by atoms with E-state index in [0.29, 0.717) is 5.92 Å². The van der Waals surface area contributed by atoms with E-state index in [0.717, 1.165) is 24.4 Å². The molecule has 1 aromatic heterocycles. The van der Waals surface area contributed by atoms with E-state index in [1.807, 2.05) is 6.92 Å². The second kappa shape index (κ2) is 3.19. The van der Waals surface area contributed by atoms with Crippen molar-refractivity contribution in [2.75, 3.05) is 0 Å². The van der Waals surface area contributed by atoms with Gasteiger partial charge in [0.2, 0.25) is 0 Å². The molecule has 1 atom stereocenters. The molecule has 0 aromatic carbocycles. The lowest BCUT2D eigenvalue weighted by molar-refractivity contribution is 0.656. The molecule has 14 heavy (non-hydrogen) atoms. The third kappa shape index (κ3) is 1.45. The van der Waals surface area contributed by atoms with Crippen LogP contribution in [0.15, 0.2) is 12.2 Å². The maximum absolute atomic E-state index is 4.49. The molecule has 0 saturated heterocycles. The second-order valence-corrected chi connectivity index (χ2v) is 4.23. The lowest BCUT2D eigenvalue weighted by atomic mass is 9.99. The molecule has 1 aromatic rings. The van der Waals surface area contributed by atoms with E-state index < -0.39 is 0 Å². The van der Waals surface area contributed by atoms with Gasteiger partial charge in [0.25, 0.3) is 0 Å². The molecule has 1 heterocycles. The Balaban J connectivity index is 2.39. The van der Waals surface area contributed by atoms with Gasteiger partial charge in [-0.1, -0.05) is 12.2 Å². The van der Waals surface area contributed by atoms with Gasteiger partial charge in [0.1, 0.15) is 5.82 Å². The molecule has 0 saturated carbocycles. The highest BCUT2D eigenvalue weighted by molar-refractivity contribution is 5.32. The average Bonchev–Trinajstić information content (AvgIpc) is 2.47. The van der Waals surface area contributed by atoms with Crippen molar-refractivity contribution in [3.63, 3.8) is 0 Å². The molecule has 74 valence electrons. The van der Waals surface area contributed by atoms with Gasteiger partial charge in [-0.3, -0.25) is 0 Å². The van der Waals surface area contributed by atoms with Gasteiger partial charge in [0.15, 0.2) is 0 Å². The van der Waals surface area contributed by atoms with Gasteiger partial charge < -0.3 is 0 Å². The highest BCUT2D eigenvalue weighted by Gasteiger charge is 2.25. The van der Waals surface area contributed by atoms with Crippen molar-refractivity contribution < 1.29 is 0 Å². The van der Waals surface area contributed by atoms with Crippen LogP contribution in [0.1, 0.15) is 29.7 Å². The Morgan fingerprint density at radius 3 is 2.64 bits per heavy atom. The van der Waals surface area contributed by atoms with E-state index in [1.165, 1.54) is 16.8 Å². The summed E-state index contributed by atoms with van der Waals surface area (Å²) >= 11 is 0. The molecule has 2 nitrogen and oxygen atoms in total. The Hall–Kier alpha value is -1.18. The van der Waals surface area contributed by atoms with Crippen molar-refractivity contribution in [1.82, 2.24) is 9.97 Å². The molecule has 0 amide bonds. The van der Waals surface area contributed by atoms with E-state index >= 15 is 0 Å². The zero-order valence-electron chi connectivity index (χ0n) is 9.09. The van der Waals surface area contributed by atoms with Crippen LogP contribution in [0.2, 0.25) is 0 Å². The topological polar surface area (TPSA) is 25.8 Å². The van der Waals surface area contributed by atoms with Crippen LogP contribution in [0.25, 0.3) is 0 Å². The number of aromatic nitrogens is 2. The summed E-state index contributed by atoms with van der Waals surface area (Å²) in [5, 5.41) is 0. The first-order chi connectivity index (χ1) is 6.58. The molecular formula is C12H16N2. The third-order valence-corrected chi connectivity index (χ3v) is 3.00. The molecule has 2 heteroatoms. The molecule has 0 fully saturated rings. The van der Waals surface area contributed by atoms with Gasteiger partial charge in [0.05, 0.1) is 0 Å². The van der Waals surface area contributed by atoms with Gasteiger partial charge in [-0.15, -0.1) is 0 Å². The third-order valence-electron chi connectivity index (χ3n) is 3.00. The van der Waals surface area contributed by atoms with Crippen LogP contribution in [0.3, 0.4) is 0 Å². The Morgan fingerprint density at radius 2 is 2.00 bits per heavy atom. The molecular weight excluding hydrogens is 172 g/mol. The predicted molar refractivity (Wildman–Crippen MR) is 57.2 cm³/mol. The van der Waals surface area contributed by atoms with Crippen LogP contribution in [-0.4, -0.2) is 9.97 Å². The van der Waals surface area contributed by atoms with Crippen molar-refractivity contribution >= 4 is 0 Å². The van der Waals surface area contributed by atoms with Gasteiger partial charge in [-0.2, -0.15) is 0 Å². The highest BCUT2D eigenvalue weighted by Crippen LogP contribution is 2.30. The summed E-state index contributed by atoms with van der Waals surface area (Å²) in [7, 11) is 0. The minimum atomic E-state index is 0.583. The highest BCUT2D eigenvalue weighted by atomic mass is 14.9. The lowest BCUT2D eigenvalue weighted by Gasteiger charge is -2.06. The first-order valence-corrected chi connectivity index (χ1v) is 5.06. The van der Waals surface area contributed by atoms with Crippen LogP contribution in [0, 0.1) is 19.8 Å². The van der Waals surface area contributed by atoms with E-state index in [4.69, 9.17) is 0 Å². The summed E-state index contributed by atoms with van der Waals surface area (Å²) in [5.41, 5.74) is 5.00. The summed E-state index contributed by atoms with van der Waals surface area (Å²) in [4.78, 5) is 8.89. The number of hydrogen-bond donors (Lipinski definition) is 0. The van der Waals surface area contributed by atoms with Crippen LogP contribution >= 0.6 is 0 Å². The fourth-order valence-corrected chi connectivity index (χ4v) is 2.14. The molecule has 0 N–H and O–H groups in total. The molecule has 2 rings (SSSR count). The lowest BCUT2D eigenvalue weighted by Crippen LogP contribution is -1.99. The molecule has 0 spiro atoms. The summed E-state index contributed by atoms with van der Waals surface area (Å²) < 4.78 is 0. The maximum atomic E-state index is 4.49. The molecule has 0 bridgehead atoms. The number of fused-ring (bicyclic) bond motifs is 1.